The Hall–Kier alpha value is -1.47. The fourth-order valence-electron chi connectivity index (χ4n) is 1.21. The molecule has 0 N–H and O–H groups in total. The van der Waals surface area contributed by atoms with Gasteiger partial charge in [-0.1, -0.05) is 74.7 Å². The third-order valence-corrected chi connectivity index (χ3v) is 2.52. The molecule has 0 fully saturated rings. The van der Waals surface area contributed by atoms with E-state index in [1.165, 1.54) is 11.1 Å². The quantitative estimate of drug-likeness (QED) is 0.569. The molecule has 0 atom stereocenters. The van der Waals surface area contributed by atoms with E-state index in [-0.39, 0.29) is 0 Å². The van der Waals surface area contributed by atoms with Crippen molar-refractivity contribution in [2.45, 2.75) is 41.5 Å². The molecule has 0 saturated carbocycles. The van der Waals surface area contributed by atoms with Gasteiger partial charge in [-0.3, -0.25) is 0 Å². The second-order valence-electron chi connectivity index (χ2n) is 3.81. The molecule has 0 aliphatic rings. The molecule has 118 valence electrons. The van der Waals surface area contributed by atoms with Crippen LogP contribution in [0, 0.1) is 13.8 Å². The molecule has 2 aromatic rings. The van der Waals surface area contributed by atoms with E-state index in [4.69, 9.17) is 16.3 Å². The van der Waals surface area contributed by atoms with Crippen LogP contribution in [-0.4, -0.2) is 7.11 Å². The van der Waals surface area contributed by atoms with Crippen LogP contribution in [0.2, 0.25) is 5.02 Å². The summed E-state index contributed by atoms with van der Waals surface area (Å²) >= 11 is 5.61. The van der Waals surface area contributed by atoms with E-state index in [0.29, 0.717) is 0 Å². The highest BCUT2D eigenvalue weighted by atomic mass is 35.5. The molecule has 0 aliphatic carbocycles. The standard InChI is InChI=1S/C8H10O.C7H7Cl.2C2H6/c1-7-3-5-8(9-2)6-4-7;1-6-2-4-7(8)5-3-6;2*1-2/h3-6H,1-2H3;2-5H,1H3;2*1-2H3. The van der Waals surface area contributed by atoms with Gasteiger partial charge in [-0.2, -0.15) is 0 Å². The lowest BCUT2D eigenvalue weighted by Gasteiger charge is -1.97. The Kier molecular flexibility index (Phi) is 15.5. The van der Waals surface area contributed by atoms with Crippen molar-refractivity contribution in [3.63, 3.8) is 0 Å². The van der Waals surface area contributed by atoms with Crippen LogP contribution in [0.4, 0.5) is 0 Å². The molecule has 0 aromatic heterocycles. The zero-order chi connectivity index (χ0) is 16.7. The first kappa shape index (κ1) is 21.8. The van der Waals surface area contributed by atoms with Gasteiger partial charge in [-0.25, -0.2) is 0 Å². The summed E-state index contributed by atoms with van der Waals surface area (Å²) in [6.07, 6.45) is 0. The van der Waals surface area contributed by atoms with Crippen LogP contribution in [0.1, 0.15) is 38.8 Å². The summed E-state index contributed by atoms with van der Waals surface area (Å²) in [5, 5.41) is 0.801. The van der Waals surface area contributed by atoms with Gasteiger partial charge in [0.1, 0.15) is 5.75 Å². The molecule has 0 heterocycles. The van der Waals surface area contributed by atoms with Crippen LogP contribution in [-0.2, 0) is 0 Å². The SMILES string of the molecule is CC.CC.COc1ccc(C)cc1.Cc1ccc(Cl)cc1. The molecule has 2 rings (SSSR count). The summed E-state index contributed by atoms with van der Waals surface area (Å²) in [6.45, 7) is 12.1. The number of halogens is 1. The minimum Gasteiger partial charge on any atom is -0.497 e. The van der Waals surface area contributed by atoms with Crippen LogP contribution >= 0.6 is 11.6 Å². The molecule has 1 nitrogen and oxygen atoms in total. The Balaban J connectivity index is 0. The van der Waals surface area contributed by atoms with Crippen molar-refractivity contribution < 1.29 is 4.74 Å². The zero-order valence-electron chi connectivity index (χ0n) is 14.4. The number of ether oxygens (including phenoxy) is 1. The second-order valence-corrected chi connectivity index (χ2v) is 4.25. The average molecular weight is 309 g/mol. The normalized spacial score (nSPS) is 8.00. The van der Waals surface area contributed by atoms with Gasteiger partial charge in [-0.05, 0) is 38.1 Å². The van der Waals surface area contributed by atoms with E-state index >= 15 is 0 Å². The lowest BCUT2D eigenvalue weighted by atomic mass is 10.2. The van der Waals surface area contributed by atoms with Gasteiger partial charge >= 0.3 is 0 Å². The van der Waals surface area contributed by atoms with Crippen molar-refractivity contribution in [2.24, 2.45) is 0 Å². The van der Waals surface area contributed by atoms with Crippen molar-refractivity contribution in [3.05, 3.63) is 64.7 Å². The van der Waals surface area contributed by atoms with E-state index in [0.717, 1.165) is 10.8 Å². The second kappa shape index (κ2) is 14.9. The van der Waals surface area contributed by atoms with Gasteiger partial charge in [0.25, 0.3) is 0 Å². The Labute approximate surface area is 135 Å². The van der Waals surface area contributed by atoms with Crippen molar-refractivity contribution in [1.82, 2.24) is 0 Å². The smallest absolute Gasteiger partial charge is 0.118 e. The van der Waals surface area contributed by atoms with Crippen LogP contribution < -0.4 is 4.74 Å². The Morgan fingerprint density at radius 3 is 1.29 bits per heavy atom. The number of methoxy groups -OCH3 is 1. The highest BCUT2D eigenvalue weighted by Gasteiger charge is 1.85. The first-order valence-corrected chi connectivity index (χ1v) is 7.82. The summed E-state index contributed by atoms with van der Waals surface area (Å²) < 4.78 is 4.97. The topological polar surface area (TPSA) is 9.23 Å². The Morgan fingerprint density at radius 2 is 1.00 bits per heavy atom. The summed E-state index contributed by atoms with van der Waals surface area (Å²) in [5.74, 6) is 0.917. The zero-order valence-corrected chi connectivity index (χ0v) is 15.2. The largest absolute Gasteiger partial charge is 0.497 e. The molecule has 0 spiro atoms. The minimum absolute atomic E-state index is 0.801. The highest BCUT2D eigenvalue weighted by molar-refractivity contribution is 6.30. The van der Waals surface area contributed by atoms with E-state index in [2.05, 4.69) is 6.92 Å². The van der Waals surface area contributed by atoms with E-state index in [9.17, 15) is 0 Å². The fraction of sp³-hybridized carbons (Fsp3) is 0.368. The van der Waals surface area contributed by atoms with Crippen LogP contribution in [0.15, 0.2) is 48.5 Å². The van der Waals surface area contributed by atoms with Crippen LogP contribution in [0.3, 0.4) is 0 Å². The molecule has 2 heteroatoms. The maximum Gasteiger partial charge on any atom is 0.118 e. The van der Waals surface area contributed by atoms with Crippen molar-refractivity contribution in [2.75, 3.05) is 7.11 Å². The number of hydrogen-bond acceptors (Lipinski definition) is 1. The molecule has 0 bridgehead atoms. The average Bonchev–Trinajstić information content (AvgIpc) is 2.55. The van der Waals surface area contributed by atoms with E-state index < -0.39 is 0 Å². The summed E-state index contributed by atoms with van der Waals surface area (Å²) in [7, 11) is 1.67. The third-order valence-electron chi connectivity index (χ3n) is 2.27. The van der Waals surface area contributed by atoms with Crippen LogP contribution in [0.25, 0.3) is 0 Å². The van der Waals surface area contributed by atoms with Gasteiger partial charge < -0.3 is 4.74 Å². The summed E-state index contributed by atoms with van der Waals surface area (Å²) in [4.78, 5) is 0. The monoisotopic (exact) mass is 308 g/mol. The molecule has 0 aliphatic heterocycles. The predicted octanol–water partition coefficient (Wildman–Crippen LogP) is 6.70. The Morgan fingerprint density at radius 1 is 0.667 bits per heavy atom. The van der Waals surface area contributed by atoms with Crippen molar-refractivity contribution in [3.8, 4) is 5.75 Å². The van der Waals surface area contributed by atoms with Crippen LogP contribution in [0.5, 0.6) is 5.75 Å². The van der Waals surface area contributed by atoms with Gasteiger partial charge in [0, 0.05) is 5.02 Å². The molecule has 0 unspecified atom stereocenters. The number of rotatable bonds is 1. The van der Waals surface area contributed by atoms with Gasteiger partial charge in [-0.15, -0.1) is 0 Å². The molecule has 0 saturated heterocycles. The number of hydrogen-bond donors (Lipinski definition) is 0. The lowest BCUT2D eigenvalue weighted by Crippen LogP contribution is -1.80. The molecular weight excluding hydrogens is 280 g/mol. The van der Waals surface area contributed by atoms with E-state index in [1.54, 1.807) is 7.11 Å². The van der Waals surface area contributed by atoms with Crippen molar-refractivity contribution in [1.29, 1.82) is 0 Å². The van der Waals surface area contributed by atoms with E-state index in [1.807, 2.05) is 83.1 Å². The molecular formula is C19H29ClO. The summed E-state index contributed by atoms with van der Waals surface area (Å²) in [6, 6.07) is 15.7. The fourth-order valence-corrected chi connectivity index (χ4v) is 1.33. The minimum atomic E-state index is 0.801. The maximum absolute atomic E-state index is 5.61. The maximum atomic E-state index is 5.61. The summed E-state index contributed by atoms with van der Waals surface area (Å²) in [5.41, 5.74) is 2.50. The molecule has 0 amide bonds. The number of benzene rings is 2. The van der Waals surface area contributed by atoms with Crippen molar-refractivity contribution >= 4 is 11.6 Å². The molecule has 21 heavy (non-hydrogen) atoms. The van der Waals surface area contributed by atoms with Gasteiger partial charge in [0.15, 0.2) is 0 Å². The lowest BCUT2D eigenvalue weighted by molar-refractivity contribution is 0.414. The predicted molar refractivity (Wildman–Crippen MR) is 96.6 cm³/mol. The molecule has 2 aromatic carbocycles. The first-order valence-electron chi connectivity index (χ1n) is 7.44. The third kappa shape index (κ3) is 12.0. The highest BCUT2D eigenvalue weighted by Crippen LogP contribution is 2.09. The first-order chi connectivity index (χ1) is 10.1. The number of aryl methyl sites for hydroxylation is 2. The molecule has 0 radical (unpaired) electrons. The van der Waals surface area contributed by atoms with Gasteiger partial charge in [0.05, 0.1) is 7.11 Å². The Bertz CT molecular complexity index is 411. The van der Waals surface area contributed by atoms with Gasteiger partial charge in [0.2, 0.25) is 0 Å².